The van der Waals surface area contributed by atoms with E-state index in [0.29, 0.717) is 43.5 Å². The Morgan fingerprint density at radius 2 is 2.24 bits per heavy atom. The number of anilines is 1. The van der Waals surface area contributed by atoms with Gasteiger partial charge in [-0.3, -0.25) is 4.79 Å². The third kappa shape index (κ3) is 4.05. The Bertz CT molecular complexity index is 980. The Morgan fingerprint density at radius 3 is 2.86 bits per heavy atom. The molecule has 1 amide bonds. The summed E-state index contributed by atoms with van der Waals surface area (Å²) < 4.78 is 11.1. The van der Waals surface area contributed by atoms with Gasteiger partial charge in [-0.05, 0) is 42.8 Å². The second kappa shape index (κ2) is 8.53. The number of hydrogen-bond donors (Lipinski definition) is 1. The summed E-state index contributed by atoms with van der Waals surface area (Å²) in [6.07, 6.45) is 3.81. The molecule has 0 aliphatic carbocycles. The molecular formula is C21H22N4O3S. The lowest BCUT2D eigenvalue weighted by Crippen LogP contribution is -2.41. The van der Waals surface area contributed by atoms with Gasteiger partial charge in [0.1, 0.15) is 6.07 Å². The topological polar surface area (TPSA) is 95.3 Å². The van der Waals surface area contributed by atoms with Gasteiger partial charge in [0.15, 0.2) is 5.76 Å². The van der Waals surface area contributed by atoms with Gasteiger partial charge in [0.2, 0.25) is 17.5 Å². The fourth-order valence-corrected chi connectivity index (χ4v) is 4.46. The van der Waals surface area contributed by atoms with E-state index in [1.807, 2.05) is 16.3 Å². The van der Waals surface area contributed by atoms with E-state index in [4.69, 9.17) is 8.83 Å². The van der Waals surface area contributed by atoms with E-state index in [0.717, 1.165) is 6.42 Å². The number of carbonyl (C=O) groups excluding carboxylic acids is 1. The molecule has 7 nitrogen and oxygen atoms in total. The minimum atomic E-state index is -0.0433. The SMILES string of the molecule is CCC(NC(=O)C1CCN(c2oc(-c3ccco3)nc2C#N)CC1)c1cccs1. The summed E-state index contributed by atoms with van der Waals surface area (Å²) in [6, 6.07) is 9.71. The predicted molar refractivity (Wildman–Crippen MR) is 109 cm³/mol. The van der Waals surface area contributed by atoms with Crippen molar-refractivity contribution >= 4 is 23.1 Å². The van der Waals surface area contributed by atoms with Crippen molar-refractivity contribution in [3.05, 3.63) is 46.5 Å². The minimum absolute atomic E-state index is 0.0433. The molecule has 1 N–H and O–H groups in total. The first-order valence-corrected chi connectivity index (χ1v) is 10.6. The number of oxazole rings is 1. The molecule has 0 radical (unpaired) electrons. The molecule has 3 aromatic rings. The second-order valence-electron chi connectivity index (χ2n) is 7.01. The summed E-state index contributed by atoms with van der Waals surface area (Å²) in [5.41, 5.74) is 0.239. The quantitative estimate of drug-likeness (QED) is 0.649. The summed E-state index contributed by atoms with van der Waals surface area (Å²) in [5, 5.41) is 14.6. The van der Waals surface area contributed by atoms with Gasteiger partial charge in [-0.2, -0.15) is 10.2 Å². The van der Waals surface area contributed by atoms with Crippen molar-refractivity contribution < 1.29 is 13.6 Å². The molecule has 0 bridgehead atoms. The van der Waals surface area contributed by atoms with Gasteiger partial charge in [0.05, 0.1) is 12.3 Å². The molecule has 8 heteroatoms. The monoisotopic (exact) mass is 410 g/mol. The van der Waals surface area contributed by atoms with Crippen LogP contribution in [0.25, 0.3) is 11.7 Å². The molecule has 1 fully saturated rings. The number of nitrogens with one attached hydrogen (secondary N) is 1. The average molecular weight is 410 g/mol. The molecule has 4 rings (SSSR count). The van der Waals surface area contributed by atoms with Crippen LogP contribution in [0.4, 0.5) is 5.88 Å². The van der Waals surface area contributed by atoms with Crippen molar-refractivity contribution in [2.24, 2.45) is 5.92 Å². The number of aromatic nitrogens is 1. The van der Waals surface area contributed by atoms with E-state index in [9.17, 15) is 10.1 Å². The molecule has 29 heavy (non-hydrogen) atoms. The first kappa shape index (κ1) is 19.3. The largest absolute Gasteiger partial charge is 0.459 e. The highest BCUT2D eigenvalue weighted by Gasteiger charge is 2.30. The molecule has 1 saturated heterocycles. The van der Waals surface area contributed by atoms with Crippen LogP contribution in [0.15, 0.2) is 44.7 Å². The predicted octanol–water partition coefficient (Wildman–Crippen LogP) is 4.35. The molecule has 1 atom stereocenters. The van der Waals surface area contributed by atoms with Crippen LogP contribution in [0.3, 0.4) is 0 Å². The maximum Gasteiger partial charge on any atom is 0.266 e. The van der Waals surface area contributed by atoms with E-state index < -0.39 is 0 Å². The van der Waals surface area contributed by atoms with Gasteiger partial charge < -0.3 is 19.1 Å². The number of rotatable bonds is 6. The third-order valence-corrected chi connectivity index (χ3v) is 6.20. The molecule has 0 aromatic carbocycles. The van der Waals surface area contributed by atoms with E-state index in [1.54, 1.807) is 23.5 Å². The maximum absolute atomic E-state index is 12.8. The molecule has 150 valence electrons. The van der Waals surface area contributed by atoms with Gasteiger partial charge in [0, 0.05) is 23.9 Å². The van der Waals surface area contributed by atoms with E-state index in [2.05, 4.69) is 29.4 Å². The van der Waals surface area contributed by atoms with E-state index in [-0.39, 0.29) is 23.6 Å². The van der Waals surface area contributed by atoms with Crippen LogP contribution in [0.5, 0.6) is 0 Å². The van der Waals surface area contributed by atoms with Crippen molar-refractivity contribution in [2.45, 2.75) is 32.2 Å². The van der Waals surface area contributed by atoms with Crippen molar-refractivity contribution in [1.29, 1.82) is 5.26 Å². The lowest BCUT2D eigenvalue weighted by Gasteiger charge is -2.31. The molecule has 1 aliphatic rings. The fraction of sp³-hybridized carbons (Fsp3) is 0.381. The van der Waals surface area contributed by atoms with Crippen LogP contribution in [0.1, 0.15) is 42.8 Å². The van der Waals surface area contributed by atoms with Crippen LogP contribution < -0.4 is 10.2 Å². The standard InChI is InChI=1S/C21H22N4O3S/c1-2-15(18-6-4-12-29-18)23-19(26)14-7-9-25(10-8-14)21-16(13-22)24-20(28-21)17-5-3-11-27-17/h3-6,11-12,14-15H,2,7-10H2,1H3,(H,23,26). The summed E-state index contributed by atoms with van der Waals surface area (Å²) in [6.45, 7) is 3.35. The summed E-state index contributed by atoms with van der Waals surface area (Å²) in [4.78, 5) is 20.2. The van der Waals surface area contributed by atoms with Gasteiger partial charge in [-0.1, -0.05) is 13.0 Å². The van der Waals surface area contributed by atoms with Gasteiger partial charge in [-0.15, -0.1) is 11.3 Å². The zero-order valence-electron chi connectivity index (χ0n) is 16.1. The number of carbonyl (C=O) groups is 1. The molecule has 0 saturated carbocycles. The minimum Gasteiger partial charge on any atom is -0.459 e. The fourth-order valence-electron chi connectivity index (χ4n) is 3.60. The Morgan fingerprint density at radius 1 is 1.41 bits per heavy atom. The molecular weight excluding hydrogens is 388 g/mol. The number of hydrogen-bond acceptors (Lipinski definition) is 7. The Balaban J connectivity index is 1.39. The summed E-state index contributed by atoms with van der Waals surface area (Å²) >= 11 is 1.67. The average Bonchev–Trinajstić information content (AvgIpc) is 3.52. The number of nitrogens with zero attached hydrogens (tertiary/aromatic N) is 3. The summed E-state index contributed by atoms with van der Waals surface area (Å²) in [5.74, 6) is 1.28. The lowest BCUT2D eigenvalue weighted by molar-refractivity contribution is -0.126. The van der Waals surface area contributed by atoms with E-state index in [1.165, 1.54) is 11.1 Å². The van der Waals surface area contributed by atoms with Crippen molar-refractivity contribution in [3.8, 4) is 17.7 Å². The smallest absolute Gasteiger partial charge is 0.266 e. The Hall–Kier alpha value is -3.05. The Kier molecular flexibility index (Phi) is 5.67. The first-order chi connectivity index (χ1) is 14.2. The molecule has 3 aromatic heterocycles. The number of furan rings is 1. The summed E-state index contributed by atoms with van der Waals surface area (Å²) in [7, 11) is 0. The van der Waals surface area contributed by atoms with Crippen LogP contribution in [-0.2, 0) is 4.79 Å². The van der Waals surface area contributed by atoms with Crippen LogP contribution in [-0.4, -0.2) is 24.0 Å². The molecule has 1 unspecified atom stereocenters. The number of piperidine rings is 1. The van der Waals surface area contributed by atoms with Gasteiger partial charge in [-0.25, -0.2) is 0 Å². The second-order valence-corrected chi connectivity index (χ2v) is 7.99. The zero-order valence-corrected chi connectivity index (χ0v) is 16.9. The molecule has 4 heterocycles. The maximum atomic E-state index is 12.8. The van der Waals surface area contributed by atoms with Crippen LogP contribution >= 0.6 is 11.3 Å². The Labute approximate surface area is 173 Å². The van der Waals surface area contributed by atoms with Crippen molar-refractivity contribution in [1.82, 2.24) is 10.3 Å². The van der Waals surface area contributed by atoms with E-state index >= 15 is 0 Å². The third-order valence-electron chi connectivity index (χ3n) is 5.21. The number of amides is 1. The zero-order chi connectivity index (χ0) is 20.2. The molecule has 1 aliphatic heterocycles. The number of nitriles is 1. The van der Waals surface area contributed by atoms with Crippen LogP contribution in [0.2, 0.25) is 0 Å². The van der Waals surface area contributed by atoms with Crippen LogP contribution in [0, 0.1) is 17.2 Å². The normalized spacial score (nSPS) is 15.8. The highest BCUT2D eigenvalue weighted by molar-refractivity contribution is 7.10. The van der Waals surface area contributed by atoms with Gasteiger partial charge >= 0.3 is 0 Å². The number of thiophene rings is 1. The van der Waals surface area contributed by atoms with Gasteiger partial charge in [0.25, 0.3) is 5.89 Å². The van der Waals surface area contributed by atoms with Crippen molar-refractivity contribution in [2.75, 3.05) is 18.0 Å². The lowest BCUT2D eigenvalue weighted by atomic mass is 9.95. The van der Waals surface area contributed by atoms with Crippen molar-refractivity contribution in [3.63, 3.8) is 0 Å². The first-order valence-electron chi connectivity index (χ1n) is 9.73. The highest BCUT2D eigenvalue weighted by Crippen LogP contribution is 2.31. The highest BCUT2D eigenvalue weighted by atomic mass is 32.1. The molecule has 0 spiro atoms.